The maximum atomic E-state index is 12.1. The normalized spacial score (nSPS) is 48.7. The van der Waals surface area contributed by atoms with Crippen LogP contribution in [0.3, 0.4) is 0 Å². The first-order chi connectivity index (χ1) is 10.9. The molecule has 4 aliphatic rings. The molecule has 0 aliphatic heterocycles. The molecular weight excluding hydrogens is 284 g/mol. The third-order valence-electron chi connectivity index (χ3n) is 8.04. The number of aliphatic hydroxyl groups is 1. The van der Waals surface area contributed by atoms with Crippen LogP contribution in [-0.2, 0) is 4.79 Å². The van der Waals surface area contributed by atoms with Crippen molar-refractivity contribution >= 4 is 5.78 Å². The molecular formula is C21H30O2. The molecule has 1 N–H and O–H groups in total. The van der Waals surface area contributed by atoms with Gasteiger partial charge in [-0.05, 0) is 74.5 Å². The van der Waals surface area contributed by atoms with Gasteiger partial charge in [-0.1, -0.05) is 37.1 Å². The summed E-state index contributed by atoms with van der Waals surface area (Å²) in [6.07, 6.45) is 12.1. The van der Waals surface area contributed by atoms with Crippen molar-refractivity contribution in [3.8, 4) is 0 Å². The average molecular weight is 314 g/mol. The number of rotatable bonds is 1. The molecule has 0 radical (unpaired) electrons. The van der Waals surface area contributed by atoms with Crippen LogP contribution in [0.1, 0.15) is 65.7 Å². The molecule has 2 heteroatoms. The smallest absolute Gasteiger partial charge is 0.133 e. The maximum Gasteiger partial charge on any atom is 0.133 e. The van der Waals surface area contributed by atoms with E-state index in [2.05, 4.69) is 26.0 Å². The van der Waals surface area contributed by atoms with Crippen LogP contribution in [0.2, 0.25) is 0 Å². The number of allylic oxidation sites excluding steroid dienone is 3. The average Bonchev–Trinajstić information content (AvgIpc) is 2.85. The lowest BCUT2D eigenvalue weighted by Gasteiger charge is -2.54. The number of hydrogen-bond donors (Lipinski definition) is 1. The minimum Gasteiger partial charge on any atom is -0.393 e. The summed E-state index contributed by atoms with van der Waals surface area (Å²) in [7, 11) is 0. The lowest BCUT2D eigenvalue weighted by Crippen LogP contribution is -2.46. The van der Waals surface area contributed by atoms with E-state index in [4.69, 9.17) is 0 Å². The van der Waals surface area contributed by atoms with Crippen LogP contribution in [0.4, 0.5) is 0 Å². The minimum absolute atomic E-state index is 0.147. The monoisotopic (exact) mass is 314 g/mol. The highest BCUT2D eigenvalue weighted by Gasteiger charge is 2.57. The van der Waals surface area contributed by atoms with Crippen molar-refractivity contribution in [2.24, 2.45) is 28.6 Å². The van der Waals surface area contributed by atoms with Crippen LogP contribution in [0.5, 0.6) is 0 Å². The van der Waals surface area contributed by atoms with Gasteiger partial charge in [-0.2, -0.15) is 0 Å². The molecule has 126 valence electrons. The first-order valence-electron chi connectivity index (χ1n) is 9.46. The second kappa shape index (κ2) is 5.05. The van der Waals surface area contributed by atoms with E-state index < -0.39 is 0 Å². The Balaban J connectivity index is 1.72. The van der Waals surface area contributed by atoms with Gasteiger partial charge in [0.25, 0.3) is 0 Å². The molecule has 3 saturated carbocycles. The largest absolute Gasteiger partial charge is 0.393 e. The van der Waals surface area contributed by atoms with Crippen molar-refractivity contribution < 1.29 is 9.90 Å². The summed E-state index contributed by atoms with van der Waals surface area (Å²) in [6, 6.07) is 0. The van der Waals surface area contributed by atoms with Crippen molar-refractivity contribution in [3.63, 3.8) is 0 Å². The molecule has 6 atom stereocenters. The SMILES string of the molecule is CC(=O)[C@H]1CC[C@H]2C3=CC=C4CC(O)CC[C@@]4(C)[C@H]3CC[C@]12C. The predicted molar refractivity (Wildman–Crippen MR) is 91.9 cm³/mol. The third kappa shape index (κ3) is 2.06. The van der Waals surface area contributed by atoms with Crippen LogP contribution < -0.4 is 0 Å². The Morgan fingerprint density at radius 2 is 1.87 bits per heavy atom. The zero-order valence-corrected chi connectivity index (χ0v) is 14.8. The van der Waals surface area contributed by atoms with Crippen molar-refractivity contribution in [2.45, 2.75) is 71.8 Å². The first-order valence-corrected chi connectivity index (χ1v) is 9.46. The summed E-state index contributed by atoms with van der Waals surface area (Å²) in [6.45, 7) is 6.60. The fourth-order valence-electron chi connectivity index (χ4n) is 6.65. The van der Waals surface area contributed by atoms with Crippen LogP contribution in [0.25, 0.3) is 0 Å². The number of carbonyl (C=O) groups excluding carboxylic acids is 1. The van der Waals surface area contributed by atoms with Crippen molar-refractivity contribution in [2.75, 3.05) is 0 Å². The summed E-state index contributed by atoms with van der Waals surface area (Å²) >= 11 is 0. The molecule has 2 nitrogen and oxygen atoms in total. The van der Waals surface area contributed by atoms with Gasteiger partial charge in [0.2, 0.25) is 0 Å². The van der Waals surface area contributed by atoms with Gasteiger partial charge < -0.3 is 5.11 Å². The second-order valence-corrected chi connectivity index (χ2v) is 9.06. The molecule has 0 bridgehead atoms. The van der Waals surface area contributed by atoms with Gasteiger partial charge in [-0.3, -0.25) is 4.79 Å². The quantitative estimate of drug-likeness (QED) is 0.777. The Morgan fingerprint density at radius 1 is 1.09 bits per heavy atom. The zero-order chi connectivity index (χ0) is 16.4. The summed E-state index contributed by atoms with van der Waals surface area (Å²) in [4.78, 5) is 12.1. The van der Waals surface area contributed by atoms with E-state index in [1.165, 1.54) is 24.8 Å². The number of aliphatic hydroxyl groups excluding tert-OH is 1. The summed E-state index contributed by atoms with van der Waals surface area (Å²) in [5, 5.41) is 10.0. The predicted octanol–water partition coefficient (Wildman–Crippen LogP) is 4.44. The number of ketones is 1. The van der Waals surface area contributed by atoms with E-state index in [1.807, 2.05) is 0 Å². The van der Waals surface area contributed by atoms with E-state index in [9.17, 15) is 9.90 Å². The highest BCUT2D eigenvalue weighted by molar-refractivity contribution is 5.79. The highest BCUT2D eigenvalue weighted by atomic mass is 16.3. The summed E-state index contributed by atoms with van der Waals surface area (Å²) in [5.74, 6) is 1.89. The van der Waals surface area contributed by atoms with E-state index in [0.717, 1.165) is 25.7 Å². The number of fused-ring (bicyclic) bond motifs is 5. The number of hydrogen-bond acceptors (Lipinski definition) is 2. The van der Waals surface area contributed by atoms with Gasteiger partial charge in [-0.25, -0.2) is 0 Å². The minimum atomic E-state index is -0.147. The molecule has 0 spiro atoms. The standard InChI is InChI=1S/C21H30O2/c1-13(22)17-6-7-18-16-5-4-14-12-15(23)8-10-20(14,2)19(16)9-11-21(17,18)3/h4-5,15,17-19,23H,6-12H2,1-3H3/t15?,17-,18+,19+,20-,21-/m1/s1. The van der Waals surface area contributed by atoms with Crippen LogP contribution in [0, 0.1) is 28.6 Å². The summed E-state index contributed by atoms with van der Waals surface area (Å²) < 4.78 is 0. The Labute approximate surface area is 140 Å². The number of carbonyl (C=O) groups is 1. The van der Waals surface area contributed by atoms with Crippen molar-refractivity contribution in [1.29, 1.82) is 0 Å². The second-order valence-electron chi connectivity index (χ2n) is 9.06. The zero-order valence-electron chi connectivity index (χ0n) is 14.8. The molecule has 1 unspecified atom stereocenters. The third-order valence-corrected chi connectivity index (χ3v) is 8.04. The molecule has 3 fully saturated rings. The van der Waals surface area contributed by atoms with Gasteiger partial charge in [0.15, 0.2) is 0 Å². The fraction of sp³-hybridized carbons (Fsp3) is 0.762. The lowest BCUT2D eigenvalue weighted by molar-refractivity contribution is -0.124. The van der Waals surface area contributed by atoms with Crippen molar-refractivity contribution in [1.82, 2.24) is 0 Å². The topological polar surface area (TPSA) is 37.3 Å². The number of Topliss-reactive ketones (excluding diaryl/α,β-unsaturated/α-hetero) is 1. The van der Waals surface area contributed by atoms with Crippen LogP contribution >= 0.6 is 0 Å². The van der Waals surface area contributed by atoms with Gasteiger partial charge >= 0.3 is 0 Å². The molecule has 0 aromatic rings. The molecule has 0 saturated heterocycles. The fourth-order valence-corrected chi connectivity index (χ4v) is 6.65. The molecule has 0 amide bonds. The molecule has 23 heavy (non-hydrogen) atoms. The van der Waals surface area contributed by atoms with Gasteiger partial charge in [0.05, 0.1) is 6.10 Å². The van der Waals surface area contributed by atoms with E-state index in [1.54, 1.807) is 12.5 Å². The van der Waals surface area contributed by atoms with E-state index in [0.29, 0.717) is 17.6 Å². The van der Waals surface area contributed by atoms with E-state index in [-0.39, 0.29) is 22.9 Å². The van der Waals surface area contributed by atoms with Gasteiger partial charge in [0, 0.05) is 5.92 Å². The Bertz CT molecular complexity index is 601. The Hall–Kier alpha value is -0.890. The lowest BCUT2D eigenvalue weighted by atomic mass is 9.50. The van der Waals surface area contributed by atoms with Crippen LogP contribution in [-0.4, -0.2) is 17.0 Å². The molecule has 4 aliphatic carbocycles. The Morgan fingerprint density at radius 3 is 2.61 bits per heavy atom. The molecule has 0 heterocycles. The highest BCUT2D eigenvalue weighted by Crippen LogP contribution is 2.64. The van der Waals surface area contributed by atoms with Gasteiger partial charge in [0.1, 0.15) is 5.78 Å². The molecule has 0 aromatic heterocycles. The molecule has 0 aromatic carbocycles. The van der Waals surface area contributed by atoms with Gasteiger partial charge in [-0.15, -0.1) is 0 Å². The summed E-state index contributed by atoms with van der Waals surface area (Å²) in [5.41, 5.74) is 3.53. The Kier molecular flexibility index (Phi) is 3.43. The first kappa shape index (κ1) is 15.6. The van der Waals surface area contributed by atoms with Crippen LogP contribution in [0.15, 0.2) is 23.3 Å². The van der Waals surface area contributed by atoms with Crippen molar-refractivity contribution in [3.05, 3.63) is 23.3 Å². The van der Waals surface area contributed by atoms with E-state index >= 15 is 0 Å². The molecule has 4 rings (SSSR count). The maximum absolute atomic E-state index is 12.1.